The molecule has 0 spiro atoms. The Labute approximate surface area is 242 Å². The number of benzene rings is 3. The van der Waals surface area contributed by atoms with Crippen molar-refractivity contribution in [3.63, 3.8) is 0 Å². The molecule has 0 aromatic heterocycles. The molecule has 1 amide bonds. The summed E-state index contributed by atoms with van der Waals surface area (Å²) in [6.07, 6.45) is 3.04. The number of halogens is 3. The van der Waals surface area contributed by atoms with Crippen LogP contribution in [0.1, 0.15) is 48.3 Å². The molecule has 0 aliphatic carbocycles. The number of piperidine rings is 2. The van der Waals surface area contributed by atoms with E-state index >= 15 is 0 Å². The van der Waals surface area contributed by atoms with Crippen LogP contribution in [-0.2, 0) is 16.9 Å². The maximum atomic E-state index is 13.6. The van der Waals surface area contributed by atoms with Crippen molar-refractivity contribution in [1.82, 2.24) is 9.80 Å². The Bertz CT molecular complexity index is 1200. The monoisotopic (exact) mass is 572 g/mol. The fraction of sp³-hybridized carbons (Fsp3) is 0.387. The number of nitrogens with zero attached hydrogens (tertiary/aromatic N) is 2. The van der Waals surface area contributed by atoms with Crippen molar-refractivity contribution < 1.29 is 9.90 Å². The third-order valence-electron chi connectivity index (χ3n) is 8.09. The number of hydrogen-bond donors (Lipinski definition) is 1. The molecule has 2 saturated heterocycles. The minimum Gasteiger partial charge on any atom is -0.385 e. The lowest BCUT2D eigenvalue weighted by molar-refractivity contribution is -0.140. The van der Waals surface area contributed by atoms with E-state index in [0.717, 1.165) is 49.2 Å². The Morgan fingerprint density at radius 1 is 0.895 bits per heavy atom. The molecule has 0 bridgehead atoms. The summed E-state index contributed by atoms with van der Waals surface area (Å²) in [5, 5.41) is 12.3. The highest BCUT2D eigenvalue weighted by Crippen LogP contribution is 2.37. The first-order valence-corrected chi connectivity index (χ1v) is 13.9. The number of rotatable bonds is 7. The molecule has 3 aromatic carbocycles. The average molecular weight is 574 g/mol. The summed E-state index contributed by atoms with van der Waals surface area (Å²) >= 11 is 12.5. The molecule has 2 heterocycles. The van der Waals surface area contributed by atoms with Gasteiger partial charge < -0.3 is 14.9 Å². The summed E-state index contributed by atoms with van der Waals surface area (Å²) in [5.41, 5.74) is 2.51. The highest BCUT2D eigenvalue weighted by Gasteiger charge is 2.37. The number of aliphatic hydroxyl groups is 1. The van der Waals surface area contributed by atoms with E-state index in [2.05, 4.69) is 17.0 Å². The van der Waals surface area contributed by atoms with Crippen molar-refractivity contribution in [1.29, 1.82) is 0 Å². The number of carbonyl (C=O) groups is 1. The maximum Gasteiger partial charge on any atom is 0.226 e. The molecule has 4 nitrogen and oxygen atoms in total. The van der Waals surface area contributed by atoms with Gasteiger partial charge in [0.2, 0.25) is 5.91 Å². The third kappa shape index (κ3) is 6.73. The van der Waals surface area contributed by atoms with Gasteiger partial charge in [-0.05, 0) is 61.1 Å². The quantitative estimate of drug-likeness (QED) is 0.334. The fourth-order valence-corrected chi connectivity index (χ4v) is 6.16. The topological polar surface area (TPSA) is 43.8 Å². The Hall–Kier alpha value is -2.08. The van der Waals surface area contributed by atoms with Crippen LogP contribution in [0.2, 0.25) is 10.0 Å². The molecule has 2 aliphatic heterocycles. The molecular formula is C31H35Cl3N2O2. The maximum absolute atomic E-state index is 13.6. The van der Waals surface area contributed by atoms with Crippen molar-refractivity contribution >= 4 is 41.5 Å². The summed E-state index contributed by atoms with van der Waals surface area (Å²) < 4.78 is 0. The van der Waals surface area contributed by atoms with E-state index in [4.69, 9.17) is 23.2 Å². The fourth-order valence-electron chi connectivity index (χ4n) is 5.85. The van der Waals surface area contributed by atoms with Gasteiger partial charge in [-0.3, -0.25) is 4.79 Å². The first kappa shape index (κ1) is 28.9. The van der Waals surface area contributed by atoms with Gasteiger partial charge in [-0.25, -0.2) is 0 Å². The van der Waals surface area contributed by atoms with E-state index in [-0.39, 0.29) is 30.2 Å². The van der Waals surface area contributed by atoms with Crippen molar-refractivity contribution in [2.75, 3.05) is 26.2 Å². The normalized spacial score (nSPS) is 21.7. The van der Waals surface area contributed by atoms with Gasteiger partial charge in [0.1, 0.15) is 0 Å². The Morgan fingerprint density at radius 2 is 1.55 bits per heavy atom. The smallest absolute Gasteiger partial charge is 0.226 e. The zero-order valence-electron chi connectivity index (χ0n) is 21.4. The van der Waals surface area contributed by atoms with E-state index in [9.17, 15) is 9.90 Å². The number of hydrogen-bond acceptors (Lipinski definition) is 3. The lowest BCUT2D eigenvalue weighted by Crippen LogP contribution is -2.46. The zero-order chi connectivity index (χ0) is 25.8. The summed E-state index contributed by atoms with van der Waals surface area (Å²) in [6, 6.07) is 26.0. The van der Waals surface area contributed by atoms with Gasteiger partial charge in [0, 0.05) is 38.0 Å². The number of likely N-dealkylation sites (tertiary alicyclic amines) is 2. The van der Waals surface area contributed by atoms with Gasteiger partial charge >= 0.3 is 0 Å². The van der Waals surface area contributed by atoms with Crippen LogP contribution in [0, 0.1) is 5.92 Å². The van der Waals surface area contributed by atoms with E-state index in [1.165, 1.54) is 0 Å². The highest BCUT2D eigenvalue weighted by atomic mass is 35.5. The molecule has 5 rings (SSSR count). The SMILES string of the molecule is Cl.O=C1C(CCN2CCC(O)(c3ccccc3)CC2)CC(c2ccc(Cl)c(Cl)c2)CN1Cc1ccccc1. The highest BCUT2D eigenvalue weighted by molar-refractivity contribution is 6.42. The molecule has 38 heavy (non-hydrogen) atoms. The molecule has 2 aliphatic rings. The molecule has 2 atom stereocenters. The summed E-state index contributed by atoms with van der Waals surface area (Å²) in [6.45, 7) is 3.80. The Kier molecular flexibility index (Phi) is 9.78. The molecule has 7 heteroatoms. The first-order valence-electron chi connectivity index (χ1n) is 13.2. The molecule has 1 N–H and O–H groups in total. The predicted molar refractivity (Wildman–Crippen MR) is 157 cm³/mol. The van der Waals surface area contributed by atoms with Crippen LogP contribution in [0.25, 0.3) is 0 Å². The van der Waals surface area contributed by atoms with Crippen LogP contribution < -0.4 is 0 Å². The zero-order valence-corrected chi connectivity index (χ0v) is 23.8. The largest absolute Gasteiger partial charge is 0.385 e. The van der Waals surface area contributed by atoms with Crippen molar-refractivity contribution in [3.05, 3.63) is 106 Å². The van der Waals surface area contributed by atoms with E-state index in [1.54, 1.807) is 0 Å². The number of amides is 1. The molecule has 2 fully saturated rings. The van der Waals surface area contributed by atoms with Crippen molar-refractivity contribution in [2.24, 2.45) is 5.92 Å². The summed E-state index contributed by atoms with van der Waals surface area (Å²) in [5.74, 6) is 0.399. The van der Waals surface area contributed by atoms with Crippen LogP contribution in [0.3, 0.4) is 0 Å². The molecular weight excluding hydrogens is 539 g/mol. The molecule has 202 valence electrons. The molecule has 3 aromatic rings. The van der Waals surface area contributed by atoms with Crippen LogP contribution >= 0.6 is 35.6 Å². The van der Waals surface area contributed by atoms with E-state index in [0.29, 0.717) is 36.0 Å². The van der Waals surface area contributed by atoms with Crippen LogP contribution in [0.4, 0.5) is 0 Å². The second kappa shape index (κ2) is 12.8. The van der Waals surface area contributed by atoms with Crippen LogP contribution in [-0.4, -0.2) is 47.0 Å². The Morgan fingerprint density at radius 3 is 2.21 bits per heavy atom. The van der Waals surface area contributed by atoms with Crippen LogP contribution in [0.15, 0.2) is 78.9 Å². The van der Waals surface area contributed by atoms with Gasteiger partial charge in [-0.1, -0.05) is 89.9 Å². The second-order valence-electron chi connectivity index (χ2n) is 10.5. The van der Waals surface area contributed by atoms with Crippen molar-refractivity contribution in [2.45, 2.75) is 43.7 Å². The predicted octanol–water partition coefficient (Wildman–Crippen LogP) is 6.92. The van der Waals surface area contributed by atoms with Crippen molar-refractivity contribution in [3.8, 4) is 0 Å². The molecule has 0 saturated carbocycles. The van der Waals surface area contributed by atoms with E-state index in [1.807, 2.05) is 71.6 Å². The van der Waals surface area contributed by atoms with Gasteiger partial charge in [0.05, 0.1) is 15.6 Å². The van der Waals surface area contributed by atoms with Gasteiger partial charge in [0.15, 0.2) is 0 Å². The van der Waals surface area contributed by atoms with Gasteiger partial charge in [-0.15, -0.1) is 12.4 Å². The lowest BCUT2D eigenvalue weighted by atomic mass is 9.81. The minimum absolute atomic E-state index is 0. The van der Waals surface area contributed by atoms with Crippen LogP contribution in [0.5, 0.6) is 0 Å². The number of carbonyl (C=O) groups excluding carboxylic acids is 1. The Balaban J connectivity index is 0.00000336. The molecule has 0 radical (unpaired) electrons. The minimum atomic E-state index is -0.760. The van der Waals surface area contributed by atoms with Gasteiger partial charge in [-0.2, -0.15) is 0 Å². The van der Waals surface area contributed by atoms with Gasteiger partial charge in [0.25, 0.3) is 0 Å². The summed E-state index contributed by atoms with van der Waals surface area (Å²) in [7, 11) is 0. The summed E-state index contributed by atoms with van der Waals surface area (Å²) in [4.78, 5) is 18.0. The average Bonchev–Trinajstić information content (AvgIpc) is 2.93. The lowest BCUT2D eigenvalue weighted by Gasteiger charge is -2.41. The second-order valence-corrected chi connectivity index (χ2v) is 11.3. The van der Waals surface area contributed by atoms with E-state index < -0.39 is 5.60 Å². The third-order valence-corrected chi connectivity index (χ3v) is 8.83. The molecule has 2 unspecified atom stereocenters. The first-order chi connectivity index (χ1) is 17.9. The standard InChI is InChI=1S/C31H34Cl2N2O2.ClH/c32-28-12-11-24(20-29(28)33)26-19-25(30(36)35(22-26)21-23-7-3-1-4-8-23)13-16-34-17-14-31(37,15-18-34)27-9-5-2-6-10-27;/h1-12,20,25-26,37H,13-19,21-22H2;1H.